The first-order valence-corrected chi connectivity index (χ1v) is 6.58. The summed E-state index contributed by atoms with van der Waals surface area (Å²) in [7, 11) is 0. The van der Waals surface area contributed by atoms with Crippen LogP contribution in [0.4, 0.5) is 0 Å². The van der Waals surface area contributed by atoms with Gasteiger partial charge in [-0.3, -0.25) is 9.59 Å². The van der Waals surface area contributed by atoms with Crippen LogP contribution in [-0.2, 0) is 11.2 Å². The summed E-state index contributed by atoms with van der Waals surface area (Å²) in [6.45, 7) is 5.60. The third-order valence-corrected chi connectivity index (χ3v) is 3.28. The number of carbonyl (C=O) groups excluding carboxylic acids is 2. The third kappa shape index (κ3) is 3.49. The van der Waals surface area contributed by atoms with Crippen molar-refractivity contribution in [1.29, 1.82) is 0 Å². The molecule has 7 heteroatoms. The van der Waals surface area contributed by atoms with Gasteiger partial charge in [0.2, 0.25) is 0 Å². The Balaban J connectivity index is 3.02. The molecule has 116 valence electrons. The van der Waals surface area contributed by atoms with Gasteiger partial charge in [0.25, 0.3) is 5.91 Å². The number of H-pyrrole nitrogens is 1. The van der Waals surface area contributed by atoms with E-state index in [1.165, 1.54) is 6.92 Å². The van der Waals surface area contributed by atoms with Crippen molar-refractivity contribution >= 4 is 17.7 Å². The Morgan fingerprint density at radius 3 is 2.33 bits per heavy atom. The summed E-state index contributed by atoms with van der Waals surface area (Å²) in [5.41, 5.74) is -0.163. The monoisotopic (exact) mass is 296 g/mol. The molecule has 1 atom stereocenters. The predicted molar refractivity (Wildman–Crippen MR) is 75.5 cm³/mol. The maximum Gasteiger partial charge on any atom is 0.337 e. The minimum absolute atomic E-state index is 0.141. The number of hydrogen-bond acceptors (Lipinski definition) is 4. The van der Waals surface area contributed by atoms with E-state index in [9.17, 15) is 19.5 Å². The lowest BCUT2D eigenvalue weighted by Gasteiger charge is -2.18. The number of nitrogens with one attached hydrogen (secondary N) is 2. The van der Waals surface area contributed by atoms with Gasteiger partial charge in [0.15, 0.2) is 11.4 Å². The molecule has 0 radical (unpaired) electrons. The number of aryl methyl sites for hydroxylation is 1. The summed E-state index contributed by atoms with van der Waals surface area (Å²) in [4.78, 5) is 37.4. The van der Waals surface area contributed by atoms with E-state index in [1.807, 2.05) is 6.92 Å². The molecular formula is C14H20N2O5. The van der Waals surface area contributed by atoms with Crippen molar-refractivity contribution in [3.8, 4) is 0 Å². The van der Waals surface area contributed by atoms with Crippen LogP contribution in [-0.4, -0.2) is 45.0 Å². The number of aliphatic carboxylic acids is 1. The van der Waals surface area contributed by atoms with Crippen LogP contribution in [0.5, 0.6) is 0 Å². The minimum Gasteiger partial charge on any atom is -0.479 e. The molecular weight excluding hydrogens is 276 g/mol. The number of carboxylic acids is 1. The lowest BCUT2D eigenvalue weighted by Crippen LogP contribution is -2.46. The molecule has 7 nitrogen and oxygen atoms in total. The van der Waals surface area contributed by atoms with Crippen LogP contribution in [0.3, 0.4) is 0 Å². The molecule has 1 aromatic rings. The van der Waals surface area contributed by atoms with Gasteiger partial charge in [-0.25, -0.2) is 4.79 Å². The van der Waals surface area contributed by atoms with Crippen molar-refractivity contribution in [3.63, 3.8) is 0 Å². The highest BCUT2D eigenvalue weighted by molar-refractivity contribution is 6.02. The van der Waals surface area contributed by atoms with E-state index in [-0.39, 0.29) is 11.5 Å². The van der Waals surface area contributed by atoms with E-state index in [0.717, 1.165) is 6.92 Å². The van der Waals surface area contributed by atoms with Gasteiger partial charge in [0, 0.05) is 11.3 Å². The molecule has 0 aromatic carbocycles. The number of ketones is 1. The fourth-order valence-corrected chi connectivity index (χ4v) is 2.12. The Bertz CT molecular complexity index is 586. The van der Waals surface area contributed by atoms with E-state index in [0.29, 0.717) is 23.2 Å². The topological polar surface area (TPSA) is 119 Å². The number of carboxylic acid groups (broad SMARTS) is 1. The molecule has 1 heterocycles. The number of aromatic nitrogens is 1. The lowest BCUT2D eigenvalue weighted by atomic mass is 10.0. The molecule has 1 rings (SSSR count). The van der Waals surface area contributed by atoms with Crippen LogP contribution in [0, 0.1) is 6.92 Å². The number of aromatic amines is 1. The van der Waals surface area contributed by atoms with Crippen LogP contribution in [0.15, 0.2) is 0 Å². The Hall–Kier alpha value is -2.15. The van der Waals surface area contributed by atoms with Gasteiger partial charge >= 0.3 is 5.97 Å². The van der Waals surface area contributed by atoms with Crippen LogP contribution >= 0.6 is 0 Å². The molecule has 0 saturated heterocycles. The summed E-state index contributed by atoms with van der Waals surface area (Å²) < 4.78 is 0. The quantitative estimate of drug-likeness (QED) is 0.575. The summed E-state index contributed by atoms with van der Waals surface area (Å²) >= 11 is 0. The number of rotatable bonds is 6. The number of aliphatic hydroxyl groups is 1. The first-order valence-electron chi connectivity index (χ1n) is 6.58. The Labute approximate surface area is 122 Å². The molecule has 21 heavy (non-hydrogen) atoms. The fraction of sp³-hybridized carbons (Fsp3) is 0.500. The second kappa shape index (κ2) is 6.09. The largest absolute Gasteiger partial charge is 0.479 e. The SMILES string of the molecule is CCc1c(C(=O)NCC(C)(O)C(=O)O)[nH]c(C)c1C(C)=O. The first-order chi connectivity index (χ1) is 9.61. The summed E-state index contributed by atoms with van der Waals surface area (Å²) in [6, 6.07) is 0. The molecule has 0 bridgehead atoms. The predicted octanol–water partition coefficient (Wildman–Crippen LogP) is 0.654. The number of Topliss-reactive ketones (excluding diaryl/α,β-unsaturated/α-hetero) is 1. The van der Waals surface area contributed by atoms with Gasteiger partial charge in [-0.2, -0.15) is 0 Å². The average molecular weight is 296 g/mol. The lowest BCUT2D eigenvalue weighted by molar-refractivity contribution is -0.155. The van der Waals surface area contributed by atoms with E-state index in [2.05, 4.69) is 10.3 Å². The van der Waals surface area contributed by atoms with Gasteiger partial charge in [-0.1, -0.05) is 6.92 Å². The number of hydrogen-bond donors (Lipinski definition) is 4. The Morgan fingerprint density at radius 2 is 1.90 bits per heavy atom. The van der Waals surface area contributed by atoms with Gasteiger partial charge < -0.3 is 20.5 Å². The van der Waals surface area contributed by atoms with Crippen molar-refractivity contribution < 1.29 is 24.6 Å². The second-order valence-corrected chi connectivity index (χ2v) is 5.15. The van der Waals surface area contributed by atoms with Gasteiger partial charge in [0.1, 0.15) is 5.69 Å². The van der Waals surface area contributed by atoms with Crippen molar-refractivity contribution in [2.45, 2.75) is 39.7 Å². The maximum absolute atomic E-state index is 12.1. The average Bonchev–Trinajstić information content (AvgIpc) is 2.72. The zero-order valence-corrected chi connectivity index (χ0v) is 12.5. The Kier molecular flexibility index (Phi) is 4.90. The zero-order valence-electron chi connectivity index (χ0n) is 12.5. The molecule has 0 fully saturated rings. The second-order valence-electron chi connectivity index (χ2n) is 5.15. The van der Waals surface area contributed by atoms with Gasteiger partial charge in [0.05, 0.1) is 6.54 Å². The highest BCUT2D eigenvalue weighted by Crippen LogP contribution is 2.20. The molecule has 1 aromatic heterocycles. The molecule has 0 saturated carbocycles. The molecule has 4 N–H and O–H groups in total. The molecule has 1 amide bonds. The minimum atomic E-state index is -2.05. The van der Waals surface area contributed by atoms with Crippen molar-refractivity contribution in [2.75, 3.05) is 6.54 Å². The molecule has 1 unspecified atom stereocenters. The standard InChI is InChI=1S/C14H20N2O5/c1-5-9-10(8(3)17)7(2)16-11(9)12(18)15-6-14(4,21)13(19)20/h16,21H,5-6H2,1-4H3,(H,15,18)(H,19,20). The normalized spacial score (nSPS) is 13.6. The molecule has 0 spiro atoms. The van der Waals surface area contributed by atoms with E-state index in [1.54, 1.807) is 6.92 Å². The van der Waals surface area contributed by atoms with Crippen LogP contribution in [0.2, 0.25) is 0 Å². The Morgan fingerprint density at radius 1 is 1.33 bits per heavy atom. The third-order valence-electron chi connectivity index (χ3n) is 3.28. The highest BCUT2D eigenvalue weighted by Gasteiger charge is 2.31. The smallest absolute Gasteiger partial charge is 0.337 e. The zero-order chi connectivity index (χ0) is 16.4. The highest BCUT2D eigenvalue weighted by atomic mass is 16.4. The van der Waals surface area contributed by atoms with Crippen LogP contribution in [0.1, 0.15) is 52.9 Å². The molecule has 0 aliphatic carbocycles. The van der Waals surface area contributed by atoms with Crippen LogP contribution < -0.4 is 5.32 Å². The summed E-state index contributed by atoms with van der Waals surface area (Å²) in [5, 5.41) is 20.7. The van der Waals surface area contributed by atoms with Crippen molar-refractivity contribution in [2.24, 2.45) is 0 Å². The van der Waals surface area contributed by atoms with Gasteiger partial charge in [-0.15, -0.1) is 0 Å². The molecule has 0 aliphatic rings. The van der Waals surface area contributed by atoms with Crippen LogP contribution in [0.25, 0.3) is 0 Å². The van der Waals surface area contributed by atoms with Crippen molar-refractivity contribution in [3.05, 3.63) is 22.5 Å². The number of carbonyl (C=O) groups is 3. The fourth-order valence-electron chi connectivity index (χ4n) is 2.12. The summed E-state index contributed by atoms with van der Waals surface area (Å²) in [5.74, 6) is -2.12. The maximum atomic E-state index is 12.1. The first kappa shape index (κ1) is 16.9. The number of amides is 1. The molecule has 0 aliphatic heterocycles. The van der Waals surface area contributed by atoms with Gasteiger partial charge in [-0.05, 0) is 32.8 Å². The van der Waals surface area contributed by atoms with E-state index < -0.39 is 24.0 Å². The van der Waals surface area contributed by atoms with Crippen molar-refractivity contribution in [1.82, 2.24) is 10.3 Å². The van der Waals surface area contributed by atoms with E-state index >= 15 is 0 Å². The van der Waals surface area contributed by atoms with E-state index in [4.69, 9.17) is 5.11 Å². The summed E-state index contributed by atoms with van der Waals surface area (Å²) in [6.07, 6.45) is 0.483.